The number of rotatable bonds is 7. The van der Waals surface area contributed by atoms with E-state index in [2.05, 4.69) is 47.5 Å². The average Bonchev–Trinajstić information content (AvgIpc) is 2.46. The van der Waals surface area contributed by atoms with Gasteiger partial charge in [0, 0.05) is 25.7 Å². The maximum atomic E-state index is 3.54. The quantitative estimate of drug-likeness (QED) is 0.758. The van der Waals surface area contributed by atoms with Crippen molar-refractivity contribution in [1.29, 1.82) is 0 Å². The number of unbranched alkanes of at least 4 members (excludes halogenated alkanes) is 3. The molecule has 106 valence electrons. The fourth-order valence-electron chi connectivity index (χ4n) is 2.93. The summed E-state index contributed by atoms with van der Waals surface area (Å²) in [5, 5.41) is 3.54. The number of piperazine rings is 1. The van der Waals surface area contributed by atoms with Gasteiger partial charge in [-0.3, -0.25) is 4.90 Å². The molecule has 1 N–H and O–H groups in total. The van der Waals surface area contributed by atoms with Crippen LogP contribution in [0.25, 0.3) is 0 Å². The molecule has 1 aromatic rings. The highest BCUT2D eigenvalue weighted by molar-refractivity contribution is 5.16. The molecule has 0 aliphatic carbocycles. The lowest BCUT2D eigenvalue weighted by Gasteiger charge is -2.36. The summed E-state index contributed by atoms with van der Waals surface area (Å²) in [6.45, 7) is 7.06. The van der Waals surface area contributed by atoms with E-state index in [0.29, 0.717) is 6.04 Å². The van der Waals surface area contributed by atoms with Gasteiger partial charge in [-0.2, -0.15) is 0 Å². The van der Waals surface area contributed by atoms with E-state index in [9.17, 15) is 0 Å². The van der Waals surface area contributed by atoms with Crippen LogP contribution in [0.1, 0.15) is 38.2 Å². The highest BCUT2D eigenvalue weighted by Crippen LogP contribution is 2.12. The minimum atomic E-state index is 0.678. The fraction of sp³-hybridized carbons (Fsp3) is 0.647. The molecule has 1 aliphatic rings. The Balaban J connectivity index is 1.82. The van der Waals surface area contributed by atoms with Crippen molar-refractivity contribution in [1.82, 2.24) is 10.2 Å². The molecule has 1 aliphatic heterocycles. The topological polar surface area (TPSA) is 15.3 Å². The Morgan fingerprint density at radius 1 is 1.16 bits per heavy atom. The van der Waals surface area contributed by atoms with Gasteiger partial charge in [0.15, 0.2) is 0 Å². The molecule has 0 bridgehead atoms. The van der Waals surface area contributed by atoms with Gasteiger partial charge in [-0.25, -0.2) is 0 Å². The Hall–Kier alpha value is -0.860. The van der Waals surface area contributed by atoms with E-state index in [0.717, 1.165) is 13.1 Å². The normalized spacial score (nSPS) is 20.6. The molecule has 1 fully saturated rings. The van der Waals surface area contributed by atoms with Crippen LogP contribution in [0.15, 0.2) is 30.3 Å². The van der Waals surface area contributed by atoms with Gasteiger partial charge in [0.1, 0.15) is 0 Å². The Morgan fingerprint density at radius 3 is 2.79 bits per heavy atom. The second kappa shape index (κ2) is 8.34. The number of hydrogen-bond acceptors (Lipinski definition) is 2. The van der Waals surface area contributed by atoms with E-state index in [1.807, 2.05) is 0 Å². The highest BCUT2D eigenvalue weighted by atomic mass is 15.2. The summed E-state index contributed by atoms with van der Waals surface area (Å²) in [7, 11) is 0. The van der Waals surface area contributed by atoms with Crippen molar-refractivity contribution in [3.8, 4) is 0 Å². The van der Waals surface area contributed by atoms with Gasteiger partial charge < -0.3 is 5.32 Å². The molecule has 1 saturated heterocycles. The van der Waals surface area contributed by atoms with Gasteiger partial charge in [0.25, 0.3) is 0 Å². The van der Waals surface area contributed by atoms with Crippen molar-refractivity contribution in [2.45, 2.75) is 45.1 Å². The molecular weight excluding hydrogens is 232 g/mol. The second-order valence-electron chi connectivity index (χ2n) is 5.64. The minimum absolute atomic E-state index is 0.678. The monoisotopic (exact) mass is 260 g/mol. The van der Waals surface area contributed by atoms with Crippen molar-refractivity contribution in [2.24, 2.45) is 0 Å². The van der Waals surface area contributed by atoms with Gasteiger partial charge in [-0.1, -0.05) is 56.5 Å². The average molecular weight is 260 g/mol. The minimum Gasteiger partial charge on any atom is -0.314 e. The predicted octanol–water partition coefficient (Wildman–Crippen LogP) is 3.08. The van der Waals surface area contributed by atoms with Crippen LogP contribution in [0.2, 0.25) is 0 Å². The summed E-state index contributed by atoms with van der Waals surface area (Å²) >= 11 is 0. The summed E-state index contributed by atoms with van der Waals surface area (Å²) in [4.78, 5) is 2.69. The molecule has 2 heteroatoms. The molecule has 19 heavy (non-hydrogen) atoms. The predicted molar refractivity (Wildman–Crippen MR) is 82.5 cm³/mol. The molecular formula is C17H28N2. The fourth-order valence-corrected chi connectivity index (χ4v) is 2.93. The van der Waals surface area contributed by atoms with Crippen molar-refractivity contribution in [3.63, 3.8) is 0 Å². The molecule has 0 aromatic heterocycles. The summed E-state index contributed by atoms with van der Waals surface area (Å²) in [6.07, 6.45) is 6.64. The van der Waals surface area contributed by atoms with E-state index in [4.69, 9.17) is 0 Å². The SMILES string of the molecule is CCCCCCN1CCNCC1Cc1ccccc1. The molecule has 2 rings (SSSR count). The third-order valence-electron chi connectivity index (χ3n) is 4.09. The first-order valence-corrected chi connectivity index (χ1v) is 7.89. The molecule has 1 aromatic carbocycles. The standard InChI is InChI=1S/C17H28N2/c1-2-3-4-8-12-19-13-11-18-15-17(19)14-16-9-6-5-7-10-16/h5-7,9-10,17-18H,2-4,8,11-15H2,1H3. The van der Waals surface area contributed by atoms with Gasteiger partial charge in [0.05, 0.1) is 0 Å². The zero-order chi connectivity index (χ0) is 13.3. The molecule has 1 unspecified atom stereocenters. The van der Waals surface area contributed by atoms with Gasteiger partial charge >= 0.3 is 0 Å². The van der Waals surface area contributed by atoms with Crippen LogP contribution in [0.5, 0.6) is 0 Å². The van der Waals surface area contributed by atoms with E-state index >= 15 is 0 Å². The summed E-state index contributed by atoms with van der Waals surface area (Å²) in [5.74, 6) is 0. The Labute approximate surface area is 118 Å². The Bertz CT molecular complexity index is 336. The van der Waals surface area contributed by atoms with Crippen molar-refractivity contribution in [3.05, 3.63) is 35.9 Å². The summed E-state index contributed by atoms with van der Waals surface area (Å²) in [5.41, 5.74) is 1.47. The van der Waals surface area contributed by atoms with E-state index in [1.54, 1.807) is 0 Å². The molecule has 0 spiro atoms. The zero-order valence-corrected chi connectivity index (χ0v) is 12.3. The molecule has 2 nitrogen and oxygen atoms in total. The van der Waals surface area contributed by atoms with Crippen LogP contribution in [0.4, 0.5) is 0 Å². The lowest BCUT2D eigenvalue weighted by atomic mass is 10.0. The first-order chi connectivity index (χ1) is 9.40. The lowest BCUT2D eigenvalue weighted by Crippen LogP contribution is -2.52. The molecule has 0 saturated carbocycles. The lowest BCUT2D eigenvalue weighted by molar-refractivity contribution is 0.157. The maximum Gasteiger partial charge on any atom is 0.0261 e. The van der Waals surface area contributed by atoms with E-state index < -0.39 is 0 Å². The molecule has 1 heterocycles. The van der Waals surface area contributed by atoms with Crippen LogP contribution in [0, 0.1) is 0 Å². The van der Waals surface area contributed by atoms with Crippen molar-refractivity contribution >= 4 is 0 Å². The van der Waals surface area contributed by atoms with Crippen LogP contribution in [0.3, 0.4) is 0 Å². The zero-order valence-electron chi connectivity index (χ0n) is 12.3. The molecule has 1 atom stereocenters. The first-order valence-electron chi connectivity index (χ1n) is 7.89. The van der Waals surface area contributed by atoms with Crippen molar-refractivity contribution < 1.29 is 0 Å². The summed E-state index contributed by atoms with van der Waals surface area (Å²) < 4.78 is 0. The van der Waals surface area contributed by atoms with E-state index in [1.165, 1.54) is 50.8 Å². The third-order valence-corrected chi connectivity index (χ3v) is 4.09. The number of benzene rings is 1. The van der Waals surface area contributed by atoms with Crippen LogP contribution >= 0.6 is 0 Å². The Kier molecular flexibility index (Phi) is 6.38. The maximum absolute atomic E-state index is 3.54. The molecule has 0 amide bonds. The highest BCUT2D eigenvalue weighted by Gasteiger charge is 2.21. The largest absolute Gasteiger partial charge is 0.314 e. The van der Waals surface area contributed by atoms with Gasteiger partial charge in [0.2, 0.25) is 0 Å². The number of nitrogens with one attached hydrogen (secondary N) is 1. The van der Waals surface area contributed by atoms with Crippen LogP contribution in [-0.4, -0.2) is 37.1 Å². The van der Waals surface area contributed by atoms with Gasteiger partial charge in [-0.15, -0.1) is 0 Å². The molecule has 0 radical (unpaired) electrons. The number of nitrogens with zero attached hydrogens (tertiary/aromatic N) is 1. The first kappa shape index (κ1) is 14.5. The third kappa shape index (κ3) is 4.96. The van der Waals surface area contributed by atoms with Crippen LogP contribution < -0.4 is 5.32 Å². The van der Waals surface area contributed by atoms with Gasteiger partial charge in [-0.05, 0) is 24.9 Å². The number of hydrogen-bond donors (Lipinski definition) is 1. The second-order valence-corrected chi connectivity index (χ2v) is 5.64. The smallest absolute Gasteiger partial charge is 0.0261 e. The van der Waals surface area contributed by atoms with Crippen LogP contribution in [-0.2, 0) is 6.42 Å². The van der Waals surface area contributed by atoms with Crippen molar-refractivity contribution in [2.75, 3.05) is 26.2 Å². The van der Waals surface area contributed by atoms with E-state index in [-0.39, 0.29) is 0 Å². The summed E-state index contributed by atoms with van der Waals surface area (Å²) in [6, 6.07) is 11.6. The Morgan fingerprint density at radius 2 is 2.00 bits per heavy atom.